The normalized spacial score (nSPS) is 25.4. The average Bonchev–Trinajstić information content (AvgIpc) is 3.37. The van der Waals surface area contributed by atoms with Crippen molar-refractivity contribution in [3.8, 4) is 28.3 Å². The molecular weight excluding hydrogens is 383 g/mol. The second kappa shape index (κ2) is 7.36. The van der Waals surface area contributed by atoms with E-state index in [-0.39, 0.29) is 17.8 Å². The van der Waals surface area contributed by atoms with Gasteiger partial charge in [-0.2, -0.15) is 5.10 Å². The first-order chi connectivity index (χ1) is 14.5. The molecule has 3 aromatic rings. The molecule has 156 valence electrons. The molecule has 5 rings (SSSR count). The van der Waals surface area contributed by atoms with E-state index in [1.807, 2.05) is 43.4 Å². The molecule has 2 aliphatic rings. The van der Waals surface area contributed by atoms with Crippen molar-refractivity contribution in [2.24, 2.45) is 7.05 Å². The van der Waals surface area contributed by atoms with E-state index in [4.69, 9.17) is 0 Å². The van der Waals surface area contributed by atoms with E-state index < -0.39 is 6.17 Å². The molecule has 0 radical (unpaired) electrons. The number of alkyl halides is 1. The minimum absolute atomic E-state index is 0.0574. The van der Waals surface area contributed by atoms with Gasteiger partial charge in [0.25, 0.3) is 0 Å². The molecule has 1 aromatic carbocycles. The van der Waals surface area contributed by atoms with Crippen LogP contribution in [0.15, 0.2) is 42.9 Å². The van der Waals surface area contributed by atoms with Crippen LogP contribution in [0, 0.1) is 0 Å². The molecule has 2 N–H and O–H groups in total. The van der Waals surface area contributed by atoms with Crippen LogP contribution in [0.25, 0.3) is 22.5 Å². The number of anilines is 1. The van der Waals surface area contributed by atoms with E-state index in [2.05, 4.69) is 20.4 Å². The van der Waals surface area contributed by atoms with Gasteiger partial charge in [-0.25, -0.2) is 9.37 Å². The van der Waals surface area contributed by atoms with Crippen molar-refractivity contribution >= 4 is 5.82 Å². The van der Waals surface area contributed by atoms with Crippen molar-refractivity contribution in [2.45, 2.75) is 43.6 Å². The zero-order valence-corrected chi connectivity index (χ0v) is 17.0. The Morgan fingerprint density at radius 3 is 2.73 bits per heavy atom. The van der Waals surface area contributed by atoms with Crippen molar-refractivity contribution < 1.29 is 9.50 Å². The molecule has 8 heteroatoms. The molecule has 4 atom stereocenters. The minimum Gasteiger partial charge on any atom is -0.507 e. The van der Waals surface area contributed by atoms with Crippen molar-refractivity contribution in [2.75, 3.05) is 11.9 Å². The van der Waals surface area contributed by atoms with Crippen LogP contribution in [-0.4, -0.2) is 56.2 Å². The van der Waals surface area contributed by atoms with Crippen molar-refractivity contribution in [3.63, 3.8) is 0 Å². The standard InChI is InChI=1S/C22H25FN6O/c1-28-8-7-16(27-28)13-3-5-15(20(30)9-13)18-11-25-21(12-24-18)29(2)19-10-14-4-6-17(26-14)22(19)23/h3,5,7-9,11-12,14,17,19,22,26,30H,4,6,10H2,1-2H3/t14?,17-,19+,22-/m0/s1. The van der Waals surface area contributed by atoms with Crippen LogP contribution in [-0.2, 0) is 7.05 Å². The molecule has 0 saturated carbocycles. The van der Waals surface area contributed by atoms with Crippen molar-refractivity contribution in [1.29, 1.82) is 0 Å². The smallest absolute Gasteiger partial charge is 0.147 e. The lowest BCUT2D eigenvalue weighted by atomic mass is 9.96. The summed E-state index contributed by atoms with van der Waals surface area (Å²) in [6.45, 7) is 0. The highest BCUT2D eigenvalue weighted by molar-refractivity contribution is 5.72. The molecular formula is C22H25FN6O. The number of phenolic OH excluding ortho intramolecular Hbond substituents is 1. The zero-order chi connectivity index (χ0) is 20.8. The third-order valence-electron chi connectivity index (χ3n) is 6.33. The molecule has 4 heterocycles. The molecule has 2 bridgehead atoms. The Labute approximate surface area is 174 Å². The molecule has 0 aliphatic carbocycles. The van der Waals surface area contributed by atoms with Crippen molar-refractivity contribution in [1.82, 2.24) is 25.1 Å². The number of aromatic nitrogens is 4. The van der Waals surface area contributed by atoms with Crippen LogP contribution in [0.5, 0.6) is 5.75 Å². The van der Waals surface area contributed by atoms with Crippen LogP contribution in [0.2, 0.25) is 0 Å². The fourth-order valence-corrected chi connectivity index (χ4v) is 4.64. The van der Waals surface area contributed by atoms with Crippen LogP contribution < -0.4 is 10.2 Å². The van der Waals surface area contributed by atoms with E-state index in [1.54, 1.807) is 23.1 Å². The molecule has 2 saturated heterocycles. The second-order valence-corrected chi connectivity index (χ2v) is 8.27. The SMILES string of the molecule is CN(c1cnc(-c2ccc(-c3ccn(C)n3)cc2O)cn1)[C@@H]1CC2CC[C@H](N2)[C@@H]1F. The molecule has 0 spiro atoms. The fraction of sp³-hybridized carbons (Fsp3) is 0.409. The highest BCUT2D eigenvalue weighted by Gasteiger charge is 2.43. The summed E-state index contributed by atoms with van der Waals surface area (Å²) in [6, 6.07) is 7.41. The maximum absolute atomic E-state index is 14.9. The first-order valence-corrected chi connectivity index (χ1v) is 10.3. The first kappa shape index (κ1) is 19.0. The Balaban J connectivity index is 1.36. The lowest BCUT2D eigenvalue weighted by Gasteiger charge is -2.38. The molecule has 30 heavy (non-hydrogen) atoms. The van der Waals surface area contributed by atoms with Gasteiger partial charge in [-0.15, -0.1) is 0 Å². The number of hydrogen-bond donors (Lipinski definition) is 2. The Kier molecular flexibility index (Phi) is 4.66. The summed E-state index contributed by atoms with van der Waals surface area (Å²) in [5.41, 5.74) is 2.79. The lowest BCUT2D eigenvalue weighted by molar-refractivity contribution is 0.176. The fourth-order valence-electron chi connectivity index (χ4n) is 4.64. The van der Waals surface area contributed by atoms with Gasteiger partial charge in [-0.05, 0) is 37.5 Å². The average molecular weight is 408 g/mol. The molecule has 2 aromatic heterocycles. The maximum Gasteiger partial charge on any atom is 0.147 e. The quantitative estimate of drug-likeness (QED) is 0.691. The van der Waals surface area contributed by atoms with E-state index in [9.17, 15) is 9.50 Å². The summed E-state index contributed by atoms with van der Waals surface area (Å²) >= 11 is 0. The van der Waals surface area contributed by atoms with Crippen molar-refractivity contribution in [3.05, 3.63) is 42.9 Å². The summed E-state index contributed by atoms with van der Waals surface area (Å²) in [5.74, 6) is 0.754. The highest BCUT2D eigenvalue weighted by Crippen LogP contribution is 2.34. The lowest BCUT2D eigenvalue weighted by Crippen LogP contribution is -2.55. The number of halogens is 1. The monoisotopic (exact) mass is 408 g/mol. The number of aromatic hydroxyl groups is 1. The topological polar surface area (TPSA) is 79.1 Å². The van der Waals surface area contributed by atoms with Gasteiger partial charge < -0.3 is 15.3 Å². The second-order valence-electron chi connectivity index (χ2n) is 8.27. The van der Waals surface area contributed by atoms with Gasteiger partial charge in [0.05, 0.1) is 29.8 Å². The van der Waals surface area contributed by atoms with Crippen LogP contribution >= 0.6 is 0 Å². The summed E-state index contributed by atoms with van der Waals surface area (Å²) < 4.78 is 16.6. The molecule has 2 fully saturated rings. The van der Waals surface area contributed by atoms with E-state index in [0.29, 0.717) is 23.1 Å². The van der Waals surface area contributed by atoms with Gasteiger partial charge in [0.2, 0.25) is 0 Å². The largest absolute Gasteiger partial charge is 0.507 e. The zero-order valence-electron chi connectivity index (χ0n) is 17.0. The number of aryl methyl sites for hydroxylation is 1. The van der Waals surface area contributed by atoms with Gasteiger partial charge in [-0.1, -0.05) is 6.07 Å². The molecule has 2 aliphatic heterocycles. The summed E-state index contributed by atoms with van der Waals surface area (Å²) in [6.07, 6.45) is 6.92. The van der Waals surface area contributed by atoms with E-state index in [0.717, 1.165) is 30.5 Å². The minimum atomic E-state index is -0.918. The van der Waals surface area contributed by atoms with Gasteiger partial charge >= 0.3 is 0 Å². The number of fused-ring (bicyclic) bond motifs is 2. The van der Waals surface area contributed by atoms with Crippen LogP contribution in [0.4, 0.5) is 10.2 Å². The predicted octanol–water partition coefficient (Wildman–Crippen LogP) is 2.92. The summed E-state index contributed by atoms with van der Waals surface area (Å²) in [7, 11) is 3.73. The number of phenols is 1. The predicted molar refractivity (Wildman–Crippen MR) is 113 cm³/mol. The van der Waals surface area contributed by atoms with Gasteiger partial charge in [0.1, 0.15) is 17.7 Å². The first-order valence-electron chi connectivity index (χ1n) is 10.3. The number of rotatable bonds is 4. The number of nitrogens with one attached hydrogen (secondary N) is 1. The van der Waals surface area contributed by atoms with Crippen LogP contribution in [0.3, 0.4) is 0 Å². The third-order valence-corrected chi connectivity index (χ3v) is 6.33. The number of hydrogen-bond acceptors (Lipinski definition) is 6. The van der Waals surface area contributed by atoms with E-state index in [1.165, 1.54) is 0 Å². The Morgan fingerprint density at radius 2 is 2.03 bits per heavy atom. The number of benzene rings is 1. The molecule has 7 nitrogen and oxygen atoms in total. The number of piperidine rings is 1. The number of nitrogens with zero attached hydrogens (tertiary/aromatic N) is 5. The van der Waals surface area contributed by atoms with E-state index >= 15 is 0 Å². The third kappa shape index (κ3) is 3.31. The van der Waals surface area contributed by atoms with Gasteiger partial charge in [-0.3, -0.25) is 9.67 Å². The molecule has 1 unspecified atom stereocenters. The molecule has 0 amide bonds. The maximum atomic E-state index is 14.9. The van der Waals surface area contributed by atoms with Gasteiger partial charge in [0, 0.05) is 43.5 Å². The summed E-state index contributed by atoms with van der Waals surface area (Å²) in [4.78, 5) is 10.9. The van der Waals surface area contributed by atoms with Gasteiger partial charge in [0.15, 0.2) is 0 Å². The Morgan fingerprint density at radius 1 is 1.17 bits per heavy atom. The Bertz CT molecular complexity index is 1050. The Hall–Kier alpha value is -3.00. The highest BCUT2D eigenvalue weighted by atomic mass is 19.1. The summed E-state index contributed by atoms with van der Waals surface area (Å²) in [5, 5.41) is 18.2. The van der Waals surface area contributed by atoms with Crippen LogP contribution in [0.1, 0.15) is 19.3 Å².